The van der Waals surface area contributed by atoms with Gasteiger partial charge in [0.2, 0.25) is 0 Å². The molecule has 0 aromatic heterocycles. The minimum Gasteiger partial charge on any atom is -0.493 e. The fourth-order valence-corrected chi connectivity index (χ4v) is 2.61. The molecule has 0 unspecified atom stereocenters. The predicted molar refractivity (Wildman–Crippen MR) is 60.7 cm³/mol. The van der Waals surface area contributed by atoms with Crippen LogP contribution in [-0.2, 0) is 4.74 Å². The first-order valence-electron chi connectivity index (χ1n) is 5.70. The number of fused-ring (bicyclic) bond motifs is 4. The second-order valence-electron chi connectivity index (χ2n) is 4.35. The molecule has 1 saturated heterocycles. The van der Waals surface area contributed by atoms with E-state index >= 15 is 0 Å². The highest BCUT2D eigenvalue weighted by Crippen LogP contribution is 2.44. The predicted octanol–water partition coefficient (Wildman–Crippen LogP) is 2.12. The molecule has 2 aliphatic rings. The lowest BCUT2D eigenvalue weighted by Crippen LogP contribution is -2.26. The highest BCUT2D eigenvalue weighted by atomic mass is 16.5. The van der Waals surface area contributed by atoms with Gasteiger partial charge in [0.15, 0.2) is 17.3 Å². The van der Waals surface area contributed by atoms with Crippen LogP contribution < -0.4 is 9.47 Å². The molecule has 3 rings (SSSR count). The maximum atomic E-state index is 12.1. The normalized spacial score (nSPS) is 25.6. The first-order valence-corrected chi connectivity index (χ1v) is 5.70. The van der Waals surface area contributed by atoms with Crippen molar-refractivity contribution in [3.05, 3.63) is 23.3 Å². The van der Waals surface area contributed by atoms with E-state index in [0.717, 1.165) is 24.0 Å². The van der Waals surface area contributed by atoms with Crippen molar-refractivity contribution < 1.29 is 19.0 Å². The summed E-state index contributed by atoms with van der Waals surface area (Å²) in [5, 5.41) is 0. The molecule has 4 nitrogen and oxygen atoms in total. The van der Waals surface area contributed by atoms with Gasteiger partial charge in [-0.15, -0.1) is 0 Å². The van der Waals surface area contributed by atoms with Crippen LogP contribution in [0.2, 0.25) is 0 Å². The van der Waals surface area contributed by atoms with E-state index < -0.39 is 0 Å². The summed E-state index contributed by atoms with van der Waals surface area (Å²) in [6, 6.07) is 3.63. The minimum absolute atomic E-state index is 0.0347. The number of ketones is 1. The van der Waals surface area contributed by atoms with Crippen LogP contribution in [0.25, 0.3) is 0 Å². The van der Waals surface area contributed by atoms with Gasteiger partial charge in [-0.05, 0) is 30.5 Å². The third kappa shape index (κ3) is 1.44. The van der Waals surface area contributed by atoms with Crippen LogP contribution in [0.15, 0.2) is 12.1 Å². The quantitative estimate of drug-likeness (QED) is 0.786. The third-order valence-corrected chi connectivity index (χ3v) is 3.48. The zero-order chi connectivity index (χ0) is 12.0. The zero-order valence-corrected chi connectivity index (χ0v) is 9.86. The molecule has 2 aliphatic heterocycles. The maximum Gasteiger partial charge on any atom is 0.192 e. The molecular formula is C13H14O4. The summed E-state index contributed by atoms with van der Waals surface area (Å²) in [7, 11) is 3.16. The van der Waals surface area contributed by atoms with Gasteiger partial charge in [-0.1, -0.05) is 0 Å². The van der Waals surface area contributed by atoms with Crippen molar-refractivity contribution in [1.82, 2.24) is 0 Å². The lowest BCUT2D eigenvalue weighted by atomic mass is 9.96. The van der Waals surface area contributed by atoms with E-state index in [-0.39, 0.29) is 18.0 Å². The molecule has 0 saturated carbocycles. The number of rotatable bonds is 2. The lowest BCUT2D eigenvalue weighted by molar-refractivity contribution is 0.0286. The average Bonchev–Trinajstić information content (AvgIpc) is 2.81. The Hall–Kier alpha value is -1.55. The molecule has 4 heteroatoms. The van der Waals surface area contributed by atoms with E-state index in [1.165, 1.54) is 0 Å². The molecule has 17 heavy (non-hydrogen) atoms. The van der Waals surface area contributed by atoms with Gasteiger partial charge in [-0.2, -0.15) is 0 Å². The van der Waals surface area contributed by atoms with Crippen LogP contribution >= 0.6 is 0 Å². The highest BCUT2D eigenvalue weighted by Gasteiger charge is 2.40. The van der Waals surface area contributed by atoms with Crippen molar-refractivity contribution in [2.75, 3.05) is 14.2 Å². The molecule has 1 aromatic rings. The molecular weight excluding hydrogens is 220 g/mol. The Labute approximate surface area is 99.5 Å². The monoisotopic (exact) mass is 234 g/mol. The third-order valence-electron chi connectivity index (χ3n) is 3.48. The first-order chi connectivity index (χ1) is 8.24. The van der Waals surface area contributed by atoms with Gasteiger partial charge >= 0.3 is 0 Å². The summed E-state index contributed by atoms with van der Waals surface area (Å²) >= 11 is 0. The molecule has 0 radical (unpaired) electrons. The number of carbonyl (C=O) groups is 1. The van der Waals surface area contributed by atoms with E-state index in [2.05, 4.69) is 0 Å². The van der Waals surface area contributed by atoms with Crippen LogP contribution in [0.4, 0.5) is 0 Å². The van der Waals surface area contributed by atoms with Crippen LogP contribution in [0.3, 0.4) is 0 Å². The Bertz CT molecular complexity index is 481. The topological polar surface area (TPSA) is 44.8 Å². The molecule has 2 bridgehead atoms. The van der Waals surface area contributed by atoms with E-state index in [9.17, 15) is 4.79 Å². The maximum absolute atomic E-state index is 12.1. The summed E-state index contributed by atoms with van der Waals surface area (Å²) < 4.78 is 16.1. The average molecular weight is 234 g/mol. The van der Waals surface area contributed by atoms with Gasteiger partial charge in [0.05, 0.1) is 20.3 Å². The van der Waals surface area contributed by atoms with Crippen molar-refractivity contribution in [3.8, 4) is 11.5 Å². The fourth-order valence-electron chi connectivity index (χ4n) is 2.61. The molecule has 0 N–H and O–H groups in total. The number of hydrogen-bond donors (Lipinski definition) is 0. The lowest BCUT2D eigenvalue weighted by Gasteiger charge is -2.24. The van der Waals surface area contributed by atoms with Gasteiger partial charge in [0, 0.05) is 5.56 Å². The van der Waals surface area contributed by atoms with E-state index in [1.54, 1.807) is 20.3 Å². The second kappa shape index (κ2) is 3.74. The van der Waals surface area contributed by atoms with E-state index in [0.29, 0.717) is 11.5 Å². The van der Waals surface area contributed by atoms with Crippen molar-refractivity contribution in [2.45, 2.75) is 25.0 Å². The van der Waals surface area contributed by atoms with Gasteiger partial charge in [0.25, 0.3) is 0 Å². The largest absolute Gasteiger partial charge is 0.493 e. The zero-order valence-electron chi connectivity index (χ0n) is 9.86. The standard InChI is InChI=1S/C13H14O4/c1-15-11-5-7-8(6-12(11)16-2)13(14)10-4-3-9(7)17-10/h5-6,9-10H,3-4H2,1-2H3/t9-,10+/m0/s1. The molecule has 0 spiro atoms. The Morgan fingerprint density at radius 2 is 1.76 bits per heavy atom. The Morgan fingerprint density at radius 3 is 2.47 bits per heavy atom. The summed E-state index contributed by atoms with van der Waals surface area (Å²) in [6.07, 6.45) is 1.49. The van der Waals surface area contributed by atoms with Crippen LogP contribution in [0.5, 0.6) is 11.5 Å². The van der Waals surface area contributed by atoms with Crippen molar-refractivity contribution in [2.24, 2.45) is 0 Å². The fraction of sp³-hybridized carbons (Fsp3) is 0.462. The Balaban J connectivity index is 2.17. The molecule has 90 valence electrons. The van der Waals surface area contributed by atoms with Gasteiger partial charge in [-0.3, -0.25) is 4.79 Å². The SMILES string of the molecule is COc1cc2c(cc1OC)[C@@H]1CC[C@@H](O1)C2=O. The Morgan fingerprint density at radius 1 is 1.12 bits per heavy atom. The van der Waals surface area contributed by atoms with Gasteiger partial charge < -0.3 is 14.2 Å². The highest BCUT2D eigenvalue weighted by molar-refractivity contribution is 6.02. The summed E-state index contributed by atoms with van der Waals surface area (Å²) in [6.45, 7) is 0. The van der Waals surface area contributed by atoms with Crippen LogP contribution in [0.1, 0.15) is 34.9 Å². The number of carbonyl (C=O) groups excluding carboxylic acids is 1. The Kier molecular flexibility index (Phi) is 2.33. The van der Waals surface area contributed by atoms with E-state index in [4.69, 9.17) is 14.2 Å². The number of Topliss-reactive ketones (excluding diaryl/α,β-unsaturated/α-hetero) is 1. The van der Waals surface area contributed by atoms with Crippen molar-refractivity contribution >= 4 is 5.78 Å². The molecule has 2 heterocycles. The summed E-state index contributed by atoms with van der Waals surface area (Å²) in [5.74, 6) is 1.31. The van der Waals surface area contributed by atoms with Crippen molar-refractivity contribution in [1.29, 1.82) is 0 Å². The molecule has 1 fully saturated rings. The van der Waals surface area contributed by atoms with E-state index in [1.807, 2.05) is 6.07 Å². The number of benzene rings is 1. The first kappa shape index (κ1) is 10.6. The van der Waals surface area contributed by atoms with Crippen LogP contribution in [0, 0.1) is 0 Å². The smallest absolute Gasteiger partial charge is 0.192 e. The minimum atomic E-state index is -0.259. The molecule has 0 aliphatic carbocycles. The number of ether oxygens (including phenoxy) is 3. The second-order valence-corrected chi connectivity index (χ2v) is 4.35. The summed E-state index contributed by atoms with van der Waals surface area (Å²) in [4.78, 5) is 12.1. The van der Waals surface area contributed by atoms with Crippen molar-refractivity contribution in [3.63, 3.8) is 0 Å². The van der Waals surface area contributed by atoms with Gasteiger partial charge in [0.1, 0.15) is 6.10 Å². The van der Waals surface area contributed by atoms with Crippen LogP contribution in [-0.4, -0.2) is 26.1 Å². The number of hydrogen-bond acceptors (Lipinski definition) is 4. The molecule has 2 atom stereocenters. The summed E-state index contributed by atoms with van der Waals surface area (Å²) in [5.41, 5.74) is 1.66. The molecule has 1 aromatic carbocycles. The van der Waals surface area contributed by atoms with Gasteiger partial charge in [-0.25, -0.2) is 0 Å². The molecule has 0 amide bonds. The number of methoxy groups -OCH3 is 2.